The van der Waals surface area contributed by atoms with Crippen LogP contribution in [0.15, 0.2) is 16.7 Å². The Morgan fingerprint density at radius 2 is 2.39 bits per heavy atom. The van der Waals surface area contributed by atoms with Gasteiger partial charge in [0.05, 0.1) is 5.56 Å². The molecular weight excluding hydrogens is 300 g/mol. The van der Waals surface area contributed by atoms with Crippen LogP contribution in [0, 0.1) is 0 Å². The van der Waals surface area contributed by atoms with Gasteiger partial charge in [-0.15, -0.1) is 0 Å². The largest absolute Gasteiger partial charge is 0.396 e. The summed E-state index contributed by atoms with van der Waals surface area (Å²) in [4.78, 5) is 18.0. The molecule has 1 aromatic heterocycles. The number of aromatic nitrogens is 1. The molecule has 0 unspecified atom stereocenters. The monoisotopic (exact) mass is 316 g/mol. The van der Waals surface area contributed by atoms with Crippen molar-refractivity contribution < 1.29 is 9.90 Å². The maximum Gasteiger partial charge on any atom is 0.257 e. The van der Waals surface area contributed by atoms with E-state index in [-0.39, 0.29) is 12.5 Å². The third-order valence-corrected chi connectivity index (χ3v) is 2.91. The Kier molecular flexibility index (Phi) is 6.03. The van der Waals surface area contributed by atoms with Crippen molar-refractivity contribution >= 4 is 27.7 Å². The van der Waals surface area contributed by atoms with E-state index in [1.54, 1.807) is 17.2 Å². The van der Waals surface area contributed by atoms with Gasteiger partial charge in [-0.05, 0) is 35.3 Å². The van der Waals surface area contributed by atoms with Crippen molar-refractivity contribution in [3.63, 3.8) is 0 Å². The Morgan fingerprint density at radius 3 is 2.94 bits per heavy atom. The molecule has 0 radical (unpaired) electrons. The summed E-state index contributed by atoms with van der Waals surface area (Å²) in [5.41, 5.74) is 2.82. The molecule has 0 fully saturated rings. The Labute approximate surface area is 114 Å². The number of halogens is 1. The molecule has 0 bridgehead atoms. The van der Waals surface area contributed by atoms with E-state index in [0.29, 0.717) is 35.4 Å². The zero-order chi connectivity index (χ0) is 13.5. The topological polar surface area (TPSA) is 91.5 Å². The van der Waals surface area contributed by atoms with Gasteiger partial charge < -0.3 is 15.4 Å². The molecule has 6 nitrogen and oxygen atoms in total. The van der Waals surface area contributed by atoms with Crippen LogP contribution in [0.1, 0.15) is 23.7 Å². The molecule has 4 N–H and O–H groups in total. The van der Waals surface area contributed by atoms with E-state index in [1.807, 2.05) is 6.92 Å². The second-order valence-corrected chi connectivity index (χ2v) is 4.57. The summed E-state index contributed by atoms with van der Waals surface area (Å²) in [7, 11) is 0. The van der Waals surface area contributed by atoms with Gasteiger partial charge in [0.25, 0.3) is 5.91 Å². The lowest BCUT2D eigenvalue weighted by Gasteiger charge is -2.21. The molecule has 1 amide bonds. The molecule has 7 heteroatoms. The van der Waals surface area contributed by atoms with E-state index in [9.17, 15) is 4.79 Å². The van der Waals surface area contributed by atoms with Gasteiger partial charge in [-0.1, -0.05) is 0 Å². The first-order valence-electron chi connectivity index (χ1n) is 5.66. The number of hydrogen-bond acceptors (Lipinski definition) is 5. The number of nitrogens with one attached hydrogen (secondary N) is 1. The number of amides is 1. The van der Waals surface area contributed by atoms with Gasteiger partial charge in [0.2, 0.25) is 0 Å². The molecule has 0 aliphatic rings. The zero-order valence-electron chi connectivity index (χ0n) is 10.2. The summed E-state index contributed by atoms with van der Waals surface area (Å²) >= 11 is 3.28. The SMILES string of the molecule is CCN(CCCO)C(=O)c1cc(Br)cnc1NN. The minimum atomic E-state index is -0.160. The number of anilines is 1. The highest BCUT2D eigenvalue weighted by Crippen LogP contribution is 2.19. The summed E-state index contributed by atoms with van der Waals surface area (Å²) in [6.07, 6.45) is 2.11. The molecule has 0 aliphatic heterocycles. The lowest BCUT2D eigenvalue weighted by Crippen LogP contribution is -2.33. The van der Waals surface area contributed by atoms with Crippen LogP contribution in [-0.4, -0.2) is 40.6 Å². The number of rotatable bonds is 6. The first kappa shape index (κ1) is 14.9. The number of carbonyl (C=O) groups is 1. The van der Waals surface area contributed by atoms with E-state index in [0.717, 1.165) is 0 Å². The Morgan fingerprint density at radius 1 is 1.67 bits per heavy atom. The predicted molar refractivity (Wildman–Crippen MR) is 73.0 cm³/mol. The van der Waals surface area contributed by atoms with Gasteiger partial charge >= 0.3 is 0 Å². The molecule has 1 rings (SSSR count). The first-order valence-corrected chi connectivity index (χ1v) is 6.45. The number of nitrogens with two attached hydrogens (primary N) is 1. The van der Waals surface area contributed by atoms with Gasteiger partial charge in [0.15, 0.2) is 5.82 Å². The van der Waals surface area contributed by atoms with Gasteiger partial charge in [0, 0.05) is 30.4 Å². The number of hydrogen-bond donors (Lipinski definition) is 3. The number of nitrogen functional groups attached to an aromatic ring is 1. The fourth-order valence-corrected chi connectivity index (χ4v) is 1.88. The fourth-order valence-electron chi connectivity index (χ4n) is 1.55. The van der Waals surface area contributed by atoms with Crippen LogP contribution in [0.25, 0.3) is 0 Å². The molecule has 0 aromatic carbocycles. The normalized spacial score (nSPS) is 10.2. The van der Waals surface area contributed by atoms with Crippen molar-refractivity contribution in [2.45, 2.75) is 13.3 Å². The maximum absolute atomic E-state index is 12.3. The minimum Gasteiger partial charge on any atom is -0.396 e. The molecule has 0 saturated heterocycles. The van der Waals surface area contributed by atoms with Crippen LogP contribution in [0.4, 0.5) is 5.82 Å². The van der Waals surface area contributed by atoms with Crippen molar-refractivity contribution in [3.8, 4) is 0 Å². The third-order valence-electron chi connectivity index (χ3n) is 2.48. The number of pyridine rings is 1. The molecule has 0 saturated carbocycles. The fraction of sp³-hybridized carbons (Fsp3) is 0.455. The highest BCUT2D eigenvalue weighted by molar-refractivity contribution is 9.10. The van der Waals surface area contributed by atoms with Crippen molar-refractivity contribution in [1.29, 1.82) is 0 Å². The van der Waals surface area contributed by atoms with Crippen molar-refractivity contribution in [2.24, 2.45) is 5.84 Å². The summed E-state index contributed by atoms with van der Waals surface area (Å²) in [5.74, 6) is 5.52. The Balaban J connectivity index is 2.96. The highest BCUT2D eigenvalue weighted by atomic mass is 79.9. The molecule has 0 aliphatic carbocycles. The molecular formula is C11H17BrN4O2. The Bertz CT molecular complexity index is 414. The first-order chi connectivity index (χ1) is 8.63. The predicted octanol–water partition coefficient (Wildman–Crippen LogP) is 0.974. The number of carbonyl (C=O) groups excluding carboxylic acids is 1. The number of nitrogens with zero attached hydrogens (tertiary/aromatic N) is 2. The van der Waals surface area contributed by atoms with E-state index in [4.69, 9.17) is 10.9 Å². The van der Waals surface area contributed by atoms with Gasteiger partial charge in [-0.3, -0.25) is 4.79 Å². The van der Waals surface area contributed by atoms with Crippen LogP contribution in [0.2, 0.25) is 0 Å². The average Bonchev–Trinajstić information content (AvgIpc) is 2.39. The number of aliphatic hydroxyl groups excluding tert-OH is 1. The summed E-state index contributed by atoms with van der Waals surface area (Å²) < 4.78 is 0.711. The molecule has 0 spiro atoms. The lowest BCUT2D eigenvalue weighted by atomic mass is 10.2. The van der Waals surface area contributed by atoms with Crippen molar-refractivity contribution in [2.75, 3.05) is 25.1 Å². The highest BCUT2D eigenvalue weighted by Gasteiger charge is 2.18. The minimum absolute atomic E-state index is 0.0580. The zero-order valence-corrected chi connectivity index (χ0v) is 11.8. The number of hydrazine groups is 1. The van der Waals surface area contributed by atoms with Crippen molar-refractivity contribution in [3.05, 3.63) is 22.3 Å². The molecule has 0 atom stereocenters. The summed E-state index contributed by atoms with van der Waals surface area (Å²) in [6, 6.07) is 1.67. The van der Waals surface area contributed by atoms with Crippen LogP contribution in [0.5, 0.6) is 0 Å². The smallest absolute Gasteiger partial charge is 0.257 e. The maximum atomic E-state index is 12.3. The van der Waals surface area contributed by atoms with E-state index < -0.39 is 0 Å². The quantitative estimate of drug-likeness (QED) is 0.537. The van der Waals surface area contributed by atoms with E-state index in [2.05, 4.69) is 26.3 Å². The van der Waals surface area contributed by atoms with Crippen molar-refractivity contribution in [1.82, 2.24) is 9.88 Å². The Hall–Kier alpha value is -1.18. The van der Waals surface area contributed by atoms with Crippen LogP contribution in [0.3, 0.4) is 0 Å². The van der Waals surface area contributed by atoms with Gasteiger partial charge in [0.1, 0.15) is 0 Å². The number of aliphatic hydroxyl groups is 1. The summed E-state index contributed by atoms with van der Waals surface area (Å²) in [5, 5.41) is 8.82. The second kappa shape index (κ2) is 7.30. The standard InChI is InChI=1S/C11H17BrN4O2/c1-2-16(4-3-5-17)11(18)9-6-8(12)7-14-10(9)15-13/h6-7,17H,2-5,13H2,1H3,(H,14,15). The van der Waals surface area contributed by atoms with Gasteiger partial charge in [-0.25, -0.2) is 10.8 Å². The molecule has 1 aromatic rings. The second-order valence-electron chi connectivity index (χ2n) is 3.66. The van der Waals surface area contributed by atoms with E-state index in [1.165, 1.54) is 0 Å². The molecule has 1 heterocycles. The van der Waals surface area contributed by atoms with E-state index >= 15 is 0 Å². The van der Waals surface area contributed by atoms with Crippen LogP contribution < -0.4 is 11.3 Å². The summed E-state index contributed by atoms with van der Waals surface area (Å²) in [6.45, 7) is 3.01. The molecule has 18 heavy (non-hydrogen) atoms. The third kappa shape index (κ3) is 3.66. The van der Waals surface area contributed by atoms with Crippen LogP contribution >= 0.6 is 15.9 Å². The molecule has 100 valence electrons. The average molecular weight is 317 g/mol. The lowest BCUT2D eigenvalue weighted by molar-refractivity contribution is 0.0755. The van der Waals surface area contributed by atoms with Gasteiger partial charge in [-0.2, -0.15) is 0 Å². The van der Waals surface area contributed by atoms with Crippen LogP contribution in [-0.2, 0) is 0 Å².